The summed E-state index contributed by atoms with van der Waals surface area (Å²) in [5.41, 5.74) is 1.94. The fraction of sp³-hybridized carbons (Fsp3) is 0.462. The van der Waals surface area contributed by atoms with E-state index in [-0.39, 0.29) is 6.03 Å². The second-order valence-corrected chi connectivity index (χ2v) is 4.15. The van der Waals surface area contributed by atoms with Crippen molar-refractivity contribution in [2.24, 2.45) is 0 Å². The minimum atomic E-state index is -0.190. The van der Waals surface area contributed by atoms with Gasteiger partial charge in [0.1, 0.15) is 5.75 Å². The van der Waals surface area contributed by atoms with Gasteiger partial charge in [0.2, 0.25) is 0 Å². The second-order valence-electron chi connectivity index (χ2n) is 4.15. The van der Waals surface area contributed by atoms with Crippen LogP contribution in [-0.4, -0.2) is 32.9 Å². The van der Waals surface area contributed by atoms with Gasteiger partial charge in [0, 0.05) is 32.4 Å². The van der Waals surface area contributed by atoms with E-state index in [1.54, 1.807) is 7.11 Å². The molecule has 98 valence electrons. The summed E-state index contributed by atoms with van der Waals surface area (Å²) in [5, 5.41) is 5.57. The lowest BCUT2D eigenvalue weighted by Crippen LogP contribution is -2.30. The van der Waals surface area contributed by atoms with E-state index in [1.807, 2.05) is 18.2 Å². The number of urea groups is 1. The summed E-state index contributed by atoms with van der Waals surface area (Å²) in [6.07, 6.45) is 1.71. The first-order chi connectivity index (χ1) is 8.79. The van der Waals surface area contributed by atoms with Crippen molar-refractivity contribution < 1.29 is 14.3 Å². The maximum Gasteiger partial charge on any atom is 0.319 e. The molecule has 1 aromatic rings. The number of nitrogens with one attached hydrogen (secondary N) is 2. The van der Waals surface area contributed by atoms with Crippen LogP contribution in [0.1, 0.15) is 12.0 Å². The van der Waals surface area contributed by atoms with Gasteiger partial charge in [-0.25, -0.2) is 4.79 Å². The van der Waals surface area contributed by atoms with E-state index < -0.39 is 0 Å². The second kappa shape index (κ2) is 6.26. The molecule has 5 nitrogen and oxygen atoms in total. The van der Waals surface area contributed by atoms with Crippen LogP contribution < -0.4 is 15.4 Å². The molecule has 2 amide bonds. The van der Waals surface area contributed by atoms with Crippen molar-refractivity contribution in [1.29, 1.82) is 0 Å². The molecule has 0 spiro atoms. The highest BCUT2D eigenvalue weighted by Crippen LogP contribution is 2.27. The molecule has 0 aliphatic carbocycles. The molecule has 0 aromatic heterocycles. The molecule has 0 bridgehead atoms. The van der Waals surface area contributed by atoms with Gasteiger partial charge >= 0.3 is 6.03 Å². The zero-order valence-corrected chi connectivity index (χ0v) is 10.5. The molecule has 2 N–H and O–H groups in total. The third kappa shape index (κ3) is 3.37. The number of ether oxygens (including phenoxy) is 2. The number of carbonyl (C=O) groups excluding carboxylic acids is 1. The number of benzene rings is 1. The van der Waals surface area contributed by atoms with E-state index in [0.717, 1.165) is 36.4 Å². The number of methoxy groups -OCH3 is 1. The zero-order chi connectivity index (χ0) is 12.8. The predicted molar refractivity (Wildman–Crippen MR) is 69.2 cm³/mol. The zero-order valence-electron chi connectivity index (χ0n) is 10.5. The van der Waals surface area contributed by atoms with Gasteiger partial charge in [0.15, 0.2) is 0 Å². The molecule has 0 atom stereocenters. The van der Waals surface area contributed by atoms with Crippen molar-refractivity contribution in [3.63, 3.8) is 0 Å². The van der Waals surface area contributed by atoms with E-state index in [1.165, 1.54) is 0 Å². The molecule has 2 rings (SSSR count). The first kappa shape index (κ1) is 12.7. The number of hydrogen-bond acceptors (Lipinski definition) is 3. The van der Waals surface area contributed by atoms with Crippen LogP contribution in [0, 0.1) is 0 Å². The summed E-state index contributed by atoms with van der Waals surface area (Å²) < 4.78 is 10.3. The van der Waals surface area contributed by atoms with Crippen LogP contribution in [0.5, 0.6) is 5.75 Å². The largest absolute Gasteiger partial charge is 0.493 e. The van der Waals surface area contributed by atoms with Crippen molar-refractivity contribution in [2.45, 2.75) is 12.8 Å². The van der Waals surface area contributed by atoms with Gasteiger partial charge in [-0.3, -0.25) is 0 Å². The van der Waals surface area contributed by atoms with E-state index in [2.05, 4.69) is 10.6 Å². The topological polar surface area (TPSA) is 59.6 Å². The minimum Gasteiger partial charge on any atom is -0.493 e. The molecule has 5 heteroatoms. The molecule has 1 aromatic carbocycles. The van der Waals surface area contributed by atoms with Crippen molar-refractivity contribution >= 4 is 11.7 Å². The Hall–Kier alpha value is -1.75. The normalized spacial score (nSPS) is 12.7. The van der Waals surface area contributed by atoms with Crippen molar-refractivity contribution in [3.8, 4) is 5.75 Å². The Balaban J connectivity index is 1.80. The minimum absolute atomic E-state index is 0.190. The van der Waals surface area contributed by atoms with Gasteiger partial charge < -0.3 is 20.1 Å². The summed E-state index contributed by atoms with van der Waals surface area (Å²) in [7, 11) is 1.65. The monoisotopic (exact) mass is 250 g/mol. The molecule has 0 saturated heterocycles. The molecule has 1 aliphatic heterocycles. The lowest BCUT2D eigenvalue weighted by atomic mass is 10.1. The first-order valence-electron chi connectivity index (χ1n) is 6.09. The fourth-order valence-corrected chi connectivity index (χ4v) is 1.86. The number of amides is 2. The molecule has 18 heavy (non-hydrogen) atoms. The van der Waals surface area contributed by atoms with Crippen LogP contribution in [0.3, 0.4) is 0 Å². The number of hydrogen-bond donors (Lipinski definition) is 2. The van der Waals surface area contributed by atoms with Gasteiger partial charge in [-0.1, -0.05) is 0 Å². The maximum atomic E-state index is 11.6. The smallest absolute Gasteiger partial charge is 0.319 e. The average molecular weight is 250 g/mol. The summed E-state index contributed by atoms with van der Waals surface area (Å²) in [5.74, 6) is 0.918. The number of carbonyl (C=O) groups is 1. The number of anilines is 1. The summed E-state index contributed by atoms with van der Waals surface area (Å²) in [6, 6.07) is 5.50. The van der Waals surface area contributed by atoms with Crippen LogP contribution in [0.15, 0.2) is 18.2 Å². The van der Waals surface area contributed by atoms with E-state index in [4.69, 9.17) is 9.47 Å². The fourth-order valence-electron chi connectivity index (χ4n) is 1.86. The molecule has 1 heterocycles. The van der Waals surface area contributed by atoms with Gasteiger partial charge in [-0.15, -0.1) is 0 Å². The van der Waals surface area contributed by atoms with Crippen molar-refractivity contribution in [1.82, 2.24) is 5.32 Å². The molecule has 1 aliphatic rings. The van der Waals surface area contributed by atoms with Gasteiger partial charge in [0.25, 0.3) is 0 Å². The SMILES string of the molecule is COCCCNC(=O)Nc1ccc2c(c1)CCO2. The van der Waals surface area contributed by atoms with E-state index >= 15 is 0 Å². The molecule has 0 unspecified atom stereocenters. The van der Waals surface area contributed by atoms with Crippen LogP contribution in [0.4, 0.5) is 10.5 Å². The van der Waals surface area contributed by atoms with Gasteiger partial charge in [0.05, 0.1) is 6.61 Å². The summed E-state index contributed by atoms with van der Waals surface area (Å²) in [6.45, 7) is 1.98. The highest BCUT2D eigenvalue weighted by molar-refractivity contribution is 5.89. The van der Waals surface area contributed by atoms with Crippen molar-refractivity contribution in [2.75, 3.05) is 32.2 Å². The van der Waals surface area contributed by atoms with Crippen LogP contribution in [0.25, 0.3) is 0 Å². The molecular weight excluding hydrogens is 232 g/mol. The predicted octanol–water partition coefficient (Wildman–Crippen LogP) is 1.78. The van der Waals surface area contributed by atoms with Gasteiger partial charge in [-0.2, -0.15) is 0 Å². The Bertz CT molecular complexity index is 421. The highest BCUT2D eigenvalue weighted by Gasteiger charge is 2.12. The Kier molecular flexibility index (Phi) is 4.41. The van der Waals surface area contributed by atoms with E-state index in [0.29, 0.717) is 13.2 Å². The third-order valence-corrected chi connectivity index (χ3v) is 2.76. The summed E-state index contributed by atoms with van der Waals surface area (Å²) in [4.78, 5) is 11.6. The third-order valence-electron chi connectivity index (χ3n) is 2.76. The number of rotatable bonds is 5. The van der Waals surface area contributed by atoms with E-state index in [9.17, 15) is 4.79 Å². The standard InChI is InChI=1S/C13H18N2O3/c1-17-7-2-6-14-13(16)15-11-3-4-12-10(9-11)5-8-18-12/h3-4,9H,2,5-8H2,1H3,(H2,14,15,16). The quantitative estimate of drug-likeness (QED) is 0.783. The van der Waals surface area contributed by atoms with Crippen LogP contribution in [-0.2, 0) is 11.2 Å². The Morgan fingerprint density at radius 3 is 3.22 bits per heavy atom. The first-order valence-corrected chi connectivity index (χ1v) is 6.09. The number of fused-ring (bicyclic) bond motifs is 1. The van der Waals surface area contributed by atoms with Gasteiger partial charge in [-0.05, 0) is 30.2 Å². The Morgan fingerprint density at radius 2 is 2.39 bits per heavy atom. The molecule has 0 saturated carbocycles. The lowest BCUT2D eigenvalue weighted by molar-refractivity contribution is 0.194. The highest BCUT2D eigenvalue weighted by atomic mass is 16.5. The van der Waals surface area contributed by atoms with Crippen LogP contribution >= 0.6 is 0 Å². The average Bonchev–Trinajstić information content (AvgIpc) is 2.82. The van der Waals surface area contributed by atoms with Crippen LogP contribution in [0.2, 0.25) is 0 Å². The summed E-state index contributed by atoms with van der Waals surface area (Å²) >= 11 is 0. The molecule has 0 fully saturated rings. The molecular formula is C13H18N2O3. The van der Waals surface area contributed by atoms with Crippen molar-refractivity contribution in [3.05, 3.63) is 23.8 Å². The maximum absolute atomic E-state index is 11.6. The Morgan fingerprint density at radius 1 is 1.50 bits per heavy atom. The lowest BCUT2D eigenvalue weighted by Gasteiger charge is -2.08. The molecule has 0 radical (unpaired) electrons. The Labute approximate surface area is 106 Å².